The number of hydrogen-bond donors (Lipinski definition) is 0. The van der Waals surface area contributed by atoms with E-state index in [2.05, 4.69) is 27.7 Å². The first-order chi connectivity index (χ1) is 15.8. The fourth-order valence-corrected chi connectivity index (χ4v) is 4.29. The van der Waals surface area contributed by atoms with E-state index in [0.29, 0.717) is 58.2 Å². The molecule has 176 valence electrons. The summed E-state index contributed by atoms with van der Waals surface area (Å²) in [5.74, 6) is 2.08. The molecule has 5 nitrogen and oxygen atoms in total. The lowest BCUT2D eigenvalue weighted by molar-refractivity contribution is -0.122. The van der Waals surface area contributed by atoms with Gasteiger partial charge in [0.15, 0.2) is 16.7 Å². The van der Waals surface area contributed by atoms with Crippen LogP contribution in [-0.2, 0) is 4.79 Å². The molecule has 2 aromatic carbocycles. The molecule has 0 unspecified atom stereocenters. The lowest BCUT2D eigenvalue weighted by Gasteiger charge is -2.17. The fraction of sp³-hybridized carbons (Fsp3) is 0.385. The topological polar surface area (TPSA) is 51.1 Å². The summed E-state index contributed by atoms with van der Waals surface area (Å²) in [7, 11) is 0. The minimum absolute atomic E-state index is 0.0421. The molecule has 0 aromatic heterocycles. The molecular formula is C26H31ClN2O3S. The Morgan fingerprint density at radius 2 is 1.76 bits per heavy atom. The van der Waals surface area contributed by atoms with Crippen molar-refractivity contribution >= 4 is 46.2 Å². The molecule has 2 aromatic rings. The molecule has 1 saturated heterocycles. The standard InChI is InChI=1S/C26H31ClN2O3S/c1-6-31-23-13-19(7-12-22(23)32-16-18(4)5)14-24-25(30)29(15-17(2)3)26(33-24)28-21-10-8-20(27)9-11-21/h7-14,17-18H,6,15-16H2,1-5H3/b24-14-,28-26?. The molecule has 0 aliphatic carbocycles. The van der Waals surface area contributed by atoms with Crippen LogP contribution in [0.25, 0.3) is 6.08 Å². The number of carbonyl (C=O) groups is 1. The van der Waals surface area contributed by atoms with Gasteiger partial charge in [-0.3, -0.25) is 9.69 Å². The second-order valence-electron chi connectivity index (χ2n) is 8.64. The first-order valence-corrected chi connectivity index (χ1v) is 12.4. The number of amides is 1. The molecule has 0 bridgehead atoms. The Bertz CT molecular complexity index is 1030. The summed E-state index contributed by atoms with van der Waals surface area (Å²) in [5, 5.41) is 1.32. The molecular weight excluding hydrogens is 456 g/mol. The van der Waals surface area contributed by atoms with E-state index in [-0.39, 0.29) is 5.91 Å². The number of aliphatic imine (C=N–C) groups is 1. The van der Waals surface area contributed by atoms with Crippen molar-refractivity contribution < 1.29 is 14.3 Å². The molecule has 1 aliphatic heterocycles. The van der Waals surface area contributed by atoms with Gasteiger partial charge in [-0.2, -0.15) is 0 Å². The van der Waals surface area contributed by atoms with E-state index in [1.165, 1.54) is 11.8 Å². The van der Waals surface area contributed by atoms with Crippen LogP contribution >= 0.6 is 23.4 Å². The summed E-state index contributed by atoms with van der Waals surface area (Å²) in [4.78, 5) is 20.3. The van der Waals surface area contributed by atoms with Gasteiger partial charge >= 0.3 is 0 Å². The van der Waals surface area contributed by atoms with Crippen molar-refractivity contribution in [2.75, 3.05) is 19.8 Å². The number of rotatable bonds is 9. The summed E-state index contributed by atoms with van der Waals surface area (Å²) in [5.41, 5.74) is 1.64. The maximum Gasteiger partial charge on any atom is 0.266 e. The quantitative estimate of drug-likeness (QED) is 0.357. The number of halogens is 1. The first kappa shape index (κ1) is 25.2. The highest BCUT2D eigenvalue weighted by Gasteiger charge is 2.33. The number of nitrogens with zero attached hydrogens (tertiary/aromatic N) is 2. The second kappa shape index (κ2) is 11.6. The van der Waals surface area contributed by atoms with E-state index in [4.69, 9.17) is 26.1 Å². The number of benzene rings is 2. The number of amidine groups is 1. The van der Waals surface area contributed by atoms with Gasteiger partial charge in [-0.1, -0.05) is 45.4 Å². The Hall–Kier alpha value is -2.44. The maximum absolute atomic E-state index is 13.2. The van der Waals surface area contributed by atoms with Gasteiger partial charge < -0.3 is 9.47 Å². The van der Waals surface area contributed by atoms with Crippen molar-refractivity contribution in [1.82, 2.24) is 4.90 Å². The van der Waals surface area contributed by atoms with Crippen LogP contribution in [0.15, 0.2) is 52.4 Å². The third kappa shape index (κ3) is 7.02. The smallest absolute Gasteiger partial charge is 0.266 e. The molecule has 1 amide bonds. The minimum Gasteiger partial charge on any atom is -0.490 e. The van der Waals surface area contributed by atoms with Gasteiger partial charge in [0, 0.05) is 11.6 Å². The van der Waals surface area contributed by atoms with Crippen LogP contribution in [0.1, 0.15) is 40.2 Å². The Labute approximate surface area is 205 Å². The van der Waals surface area contributed by atoms with E-state index in [0.717, 1.165) is 11.3 Å². The van der Waals surface area contributed by atoms with Crippen molar-refractivity contribution in [3.05, 3.63) is 58.0 Å². The summed E-state index contributed by atoms with van der Waals surface area (Å²) in [6.45, 7) is 12.1. The molecule has 1 aliphatic rings. The molecule has 1 fully saturated rings. The van der Waals surface area contributed by atoms with Crippen molar-refractivity contribution in [3.8, 4) is 11.5 Å². The average Bonchev–Trinajstić information content (AvgIpc) is 3.03. The van der Waals surface area contributed by atoms with E-state index in [9.17, 15) is 4.79 Å². The zero-order chi connectivity index (χ0) is 24.0. The lowest BCUT2D eigenvalue weighted by atomic mass is 10.1. The normalized spacial score (nSPS) is 16.5. The molecule has 0 N–H and O–H groups in total. The third-order valence-electron chi connectivity index (χ3n) is 4.62. The van der Waals surface area contributed by atoms with E-state index < -0.39 is 0 Å². The third-order valence-corrected chi connectivity index (χ3v) is 5.88. The van der Waals surface area contributed by atoms with Gasteiger partial charge in [-0.05, 0) is 78.6 Å². The van der Waals surface area contributed by atoms with Crippen LogP contribution in [0.3, 0.4) is 0 Å². The molecule has 0 radical (unpaired) electrons. The van der Waals surface area contributed by atoms with Crippen LogP contribution in [0, 0.1) is 11.8 Å². The zero-order valence-electron chi connectivity index (χ0n) is 19.8. The van der Waals surface area contributed by atoms with Crippen LogP contribution in [0.5, 0.6) is 11.5 Å². The minimum atomic E-state index is -0.0421. The highest BCUT2D eigenvalue weighted by atomic mass is 35.5. The predicted molar refractivity (Wildman–Crippen MR) is 139 cm³/mol. The zero-order valence-corrected chi connectivity index (χ0v) is 21.4. The van der Waals surface area contributed by atoms with Crippen LogP contribution in [0.2, 0.25) is 5.02 Å². The average molecular weight is 487 g/mol. The van der Waals surface area contributed by atoms with Gasteiger partial charge in [0.25, 0.3) is 5.91 Å². The van der Waals surface area contributed by atoms with Gasteiger partial charge in [0.2, 0.25) is 0 Å². The summed E-state index contributed by atoms with van der Waals surface area (Å²) in [6.07, 6.45) is 1.89. The number of ether oxygens (including phenoxy) is 2. The Balaban J connectivity index is 1.91. The van der Waals surface area contributed by atoms with Crippen LogP contribution in [-0.4, -0.2) is 35.7 Å². The summed E-state index contributed by atoms with van der Waals surface area (Å²) >= 11 is 7.38. The van der Waals surface area contributed by atoms with Gasteiger partial charge in [0.05, 0.1) is 23.8 Å². The summed E-state index contributed by atoms with van der Waals surface area (Å²) in [6, 6.07) is 13.0. The largest absolute Gasteiger partial charge is 0.490 e. The van der Waals surface area contributed by atoms with E-state index in [1.807, 2.05) is 43.3 Å². The number of hydrogen-bond acceptors (Lipinski definition) is 5. The Kier molecular flexibility index (Phi) is 8.87. The molecule has 3 rings (SSSR count). The maximum atomic E-state index is 13.2. The number of carbonyl (C=O) groups excluding carboxylic acids is 1. The number of thioether (sulfide) groups is 1. The Morgan fingerprint density at radius 1 is 1.03 bits per heavy atom. The predicted octanol–water partition coefficient (Wildman–Crippen LogP) is 7.03. The van der Waals surface area contributed by atoms with Crippen LogP contribution in [0.4, 0.5) is 5.69 Å². The molecule has 0 saturated carbocycles. The summed E-state index contributed by atoms with van der Waals surface area (Å²) < 4.78 is 11.7. The monoisotopic (exact) mass is 486 g/mol. The molecule has 0 spiro atoms. The molecule has 33 heavy (non-hydrogen) atoms. The highest BCUT2D eigenvalue weighted by Crippen LogP contribution is 2.36. The van der Waals surface area contributed by atoms with Gasteiger partial charge in [-0.15, -0.1) is 0 Å². The molecule has 0 atom stereocenters. The van der Waals surface area contributed by atoms with Crippen molar-refractivity contribution in [2.45, 2.75) is 34.6 Å². The second-order valence-corrected chi connectivity index (χ2v) is 10.1. The SMILES string of the molecule is CCOc1cc(/C=C2\SC(=Nc3ccc(Cl)cc3)N(CC(C)C)C2=O)ccc1OCC(C)C. The first-order valence-electron chi connectivity index (χ1n) is 11.2. The van der Waals surface area contributed by atoms with Gasteiger partial charge in [-0.25, -0.2) is 4.99 Å². The van der Waals surface area contributed by atoms with Crippen molar-refractivity contribution in [3.63, 3.8) is 0 Å². The fourth-order valence-electron chi connectivity index (χ4n) is 3.15. The van der Waals surface area contributed by atoms with Crippen molar-refractivity contribution in [2.24, 2.45) is 16.8 Å². The van der Waals surface area contributed by atoms with Gasteiger partial charge in [0.1, 0.15) is 0 Å². The molecule has 7 heteroatoms. The molecule has 1 heterocycles. The highest BCUT2D eigenvalue weighted by molar-refractivity contribution is 8.18. The van der Waals surface area contributed by atoms with Crippen molar-refractivity contribution in [1.29, 1.82) is 0 Å². The Morgan fingerprint density at radius 3 is 2.39 bits per heavy atom. The van der Waals surface area contributed by atoms with Crippen LogP contribution < -0.4 is 9.47 Å². The lowest BCUT2D eigenvalue weighted by Crippen LogP contribution is -2.32. The van der Waals surface area contributed by atoms with E-state index >= 15 is 0 Å². The van der Waals surface area contributed by atoms with E-state index in [1.54, 1.807) is 17.0 Å².